The Kier molecular flexibility index (Phi) is 5.17. The van der Waals surface area contributed by atoms with Crippen LogP contribution < -0.4 is 5.32 Å². The third kappa shape index (κ3) is 3.39. The van der Waals surface area contributed by atoms with Crippen LogP contribution in [0, 0.1) is 0 Å². The minimum atomic E-state index is -0.429. The maximum Gasteiger partial charge on any atom is 0.339 e. The van der Waals surface area contributed by atoms with E-state index in [-0.39, 0.29) is 0 Å². The van der Waals surface area contributed by atoms with E-state index in [1.165, 1.54) is 11.3 Å². The minimum Gasteiger partial charge on any atom is -0.462 e. The van der Waals surface area contributed by atoms with Gasteiger partial charge in [-0.25, -0.2) is 9.78 Å². The molecule has 108 valence electrons. The zero-order chi connectivity index (χ0) is 14.5. The summed E-state index contributed by atoms with van der Waals surface area (Å²) in [6.45, 7) is 3.35. The van der Waals surface area contributed by atoms with Crippen molar-refractivity contribution in [3.05, 3.63) is 22.7 Å². The number of nitrogens with one attached hydrogen (secondary N) is 1. The molecular weight excluding hydrogens is 300 g/mol. The standard InChI is InChI=1S/C13H15ClN2O3S/c1-3-19-12(17)8-6-10-11(7-9(8)14)20-13(16-10)15-4-5-18-2/h6-7H,3-5H2,1-2H3,(H,15,16). The van der Waals surface area contributed by atoms with Crippen LogP contribution in [0.1, 0.15) is 17.3 Å². The Hall–Kier alpha value is -1.37. The second kappa shape index (κ2) is 6.88. The summed E-state index contributed by atoms with van der Waals surface area (Å²) >= 11 is 7.59. The summed E-state index contributed by atoms with van der Waals surface area (Å²) in [5, 5.41) is 4.30. The summed E-state index contributed by atoms with van der Waals surface area (Å²) in [5.74, 6) is -0.429. The number of carbonyl (C=O) groups is 1. The highest BCUT2D eigenvalue weighted by Crippen LogP contribution is 2.31. The maximum absolute atomic E-state index is 11.8. The van der Waals surface area contributed by atoms with Gasteiger partial charge in [-0.3, -0.25) is 0 Å². The van der Waals surface area contributed by atoms with E-state index in [4.69, 9.17) is 21.1 Å². The number of hydrogen-bond donors (Lipinski definition) is 1. The van der Waals surface area contributed by atoms with Gasteiger partial charge in [-0.15, -0.1) is 0 Å². The molecule has 0 atom stereocenters. The van der Waals surface area contributed by atoms with Crippen LogP contribution in [-0.4, -0.2) is 37.8 Å². The lowest BCUT2D eigenvalue weighted by Crippen LogP contribution is -2.07. The SMILES string of the molecule is CCOC(=O)c1cc2nc(NCCOC)sc2cc1Cl. The van der Waals surface area contributed by atoms with Gasteiger partial charge in [0.05, 0.1) is 34.0 Å². The summed E-state index contributed by atoms with van der Waals surface area (Å²) in [6, 6.07) is 3.40. The molecule has 0 radical (unpaired) electrons. The molecule has 0 saturated carbocycles. The van der Waals surface area contributed by atoms with Crippen LogP contribution in [-0.2, 0) is 9.47 Å². The first-order valence-corrected chi connectivity index (χ1v) is 7.35. The average Bonchev–Trinajstić information content (AvgIpc) is 2.80. The van der Waals surface area contributed by atoms with Crippen molar-refractivity contribution in [1.29, 1.82) is 0 Å². The van der Waals surface area contributed by atoms with Crippen molar-refractivity contribution in [2.45, 2.75) is 6.92 Å². The molecule has 0 aliphatic heterocycles. The van der Waals surface area contributed by atoms with Crippen LogP contribution >= 0.6 is 22.9 Å². The van der Waals surface area contributed by atoms with E-state index in [9.17, 15) is 4.79 Å². The van der Waals surface area contributed by atoms with E-state index in [2.05, 4.69) is 10.3 Å². The summed E-state index contributed by atoms with van der Waals surface area (Å²) in [5.41, 5.74) is 1.07. The van der Waals surface area contributed by atoms with Gasteiger partial charge in [0.2, 0.25) is 0 Å². The number of anilines is 1. The van der Waals surface area contributed by atoms with Crippen LogP contribution in [0.25, 0.3) is 10.2 Å². The number of ether oxygens (including phenoxy) is 2. The number of esters is 1. The zero-order valence-electron chi connectivity index (χ0n) is 11.2. The van der Waals surface area contributed by atoms with Crippen molar-refractivity contribution in [3.63, 3.8) is 0 Å². The Morgan fingerprint density at radius 1 is 1.50 bits per heavy atom. The molecule has 1 aromatic heterocycles. The van der Waals surface area contributed by atoms with E-state index in [0.717, 1.165) is 15.3 Å². The second-order valence-corrected chi connectivity index (χ2v) is 5.40. The van der Waals surface area contributed by atoms with Crippen LogP contribution in [0.5, 0.6) is 0 Å². The van der Waals surface area contributed by atoms with Crippen molar-refractivity contribution >= 4 is 44.3 Å². The number of hydrogen-bond acceptors (Lipinski definition) is 6. The van der Waals surface area contributed by atoms with Crippen LogP contribution in [0.15, 0.2) is 12.1 Å². The Bertz CT molecular complexity index is 615. The highest BCUT2D eigenvalue weighted by Gasteiger charge is 2.15. The molecule has 5 nitrogen and oxygen atoms in total. The quantitative estimate of drug-likeness (QED) is 0.655. The summed E-state index contributed by atoms with van der Waals surface area (Å²) in [6.07, 6.45) is 0. The summed E-state index contributed by atoms with van der Waals surface area (Å²) in [4.78, 5) is 16.2. The van der Waals surface area contributed by atoms with Gasteiger partial charge in [-0.2, -0.15) is 0 Å². The molecule has 20 heavy (non-hydrogen) atoms. The topological polar surface area (TPSA) is 60.5 Å². The van der Waals surface area contributed by atoms with Crippen LogP contribution in [0.2, 0.25) is 5.02 Å². The highest BCUT2D eigenvalue weighted by molar-refractivity contribution is 7.22. The van der Waals surface area contributed by atoms with E-state index in [1.54, 1.807) is 26.2 Å². The lowest BCUT2D eigenvalue weighted by atomic mass is 10.2. The number of methoxy groups -OCH3 is 1. The fraction of sp³-hybridized carbons (Fsp3) is 0.385. The number of benzene rings is 1. The molecule has 2 rings (SSSR count). The Morgan fingerprint density at radius 3 is 3.00 bits per heavy atom. The summed E-state index contributed by atoms with van der Waals surface area (Å²) < 4.78 is 10.8. The Balaban J connectivity index is 2.26. The largest absolute Gasteiger partial charge is 0.462 e. The van der Waals surface area contributed by atoms with Crippen molar-refractivity contribution in [1.82, 2.24) is 4.98 Å². The molecule has 0 fully saturated rings. The number of halogens is 1. The zero-order valence-corrected chi connectivity index (χ0v) is 12.8. The molecule has 0 bridgehead atoms. The van der Waals surface area contributed by atoms with Gasteiger partial charge in [-0.05, 0) is 19.1 Å². The molecule has 1 aromatic carbocycles. The van der Waals surface area contributed by atoms with E-state index < -0.39 is 5.97 Å². The normalized spacial score (nSPS) is 10.8. The predicted molar refractivity (Wildman–Crippen MR) is 81.0 cm³/mol. The van der Waals surface area contributed by atoms with Crippen molar-refractivity contribution in [3.8, 4) is 0 Å². The second-order valence-electron chi connectivity index (χ2n) is 3.96. The van der Waals surface area contributed by atoms with Crippen LogP contribution in [0.3, 0.4) is 0 Å². The number of carbonyl (C=O) groups excluding carboxylic acids is 1. The fourth-order valence-electron chi connectivity index (χ4n) is 1.65. The molecular formula is C13H15ClN2O3S. The lowest BCUT2D eigenvalue weighted by molar-refractivity contribution is 0.0526. The van der Waals surface area contributed by atoms with Gasteiger partial charge in [-0.1, -0.05) is 22.9 Å². The monoisotopic (exact) mass is 314 g/mol. The first-order valence-electron chi connectivity index (χ1n) is 6.15. The lowest BCUT2D eigenvalue weighted by Gasteiger charge is -2.03. The predicted octanol–water partition coefficient (Wildman–Crippen LogP) is 3.18. The van der Waals surface area contributed by atoms with Gasteiger partial charge in [0, 0.05) is 13.7 Å². The average molecular weight is 315 g/mol. The number of rotatable bonds is 6. The van der Waals surface area contributed by atoms with Crippen LogP contribution in [0.4, 0.5) is 5.13 Å². The highest BCUT2D eigenvalue weighted by atomic mass is 35.5. The Morgan fingerprint density at radius 2 is 2.30 bits per heavy atom. The third-order valence-electron chi connectivity index (χ3n) is 2.56. The first-order chi connectivity index (χ1) is 9.65. The number of thiazole rings is 1. The number of aromatic nitrogens is 1. The number of fused-ring (bicyclic) bond motifs is 1. The van der Waals surface area contributed by atoms with E-state index in [1.807, 2.05) is 0 Å². The maximum atomic E-state index is 11.8. The number of nitrogens with zero attached hydrogens (tertiary/aromatic N) is 1. The van der Waals surface area contributed by atoms with E-state index in [0.29, 0.717) is 30.3 Å². The molecule has 0 aliphatic carbocycles. The van der Waals surface area contributed by atoms with Crippen molar-refractivity contribution in [2.24, 2.45) is 0 Å². The molecule has 1 heterocycles. The van der Waals surface area contributed by atoms with Gasteiger partial charge >= 0.3 is 5.97 Å². The third-order valence-corrected chi connectivity index (χ3v) is 3.84. The van der Waals surface area contributed by atoms with Gasteiger partial charge < -0.3 is 14.8 Å². The molecule has 2 aromatic rings. The Labute approximate surface area is 125 Å². The van der Waals surface area contributed by atoms with Crippen molar-refractivity contribution in [2.75, 3.05) is 32.2 Å². The van der Waals surface area contributed by atoms with Crippen molar-refractivity contribution < 1.29 is 14.3 Å². The molecule has 7 heteroatoms. The molecule has 0 spiro atoms. The van der Waals surface area contributed by atoms with E-state index >= 15 is 0 Å². The molecule has 1 N–H and O–H groups in total. The smallest absolute Gasteiger partial charge is 0.339 e. The molecule has 0 saturated heterocycles. The minimum absolute atomic E-state index is 0.314. The first kappa shape index (κ1) is 15.0. The van der Waals surface area contributed by atoms with Gasteiger partial charge in [0.15, 0.2) is 5.13 Å². The molecule has 0 amide bonds. The van der Waals surface area contributed by atoms with Gasteiger partial charge in [0.1, 0.15) is 0 Å². The van der Waals surface area contributed by atoms with Gasteiger partial charge in [0.25, 0.3) is 0 Å². The molecule has 0 aliphatic rings. The molecule has 0 unspecified atom stereocenters. The fourth-order valence-corrected chi connectivity index (χ4v) is 2.87. The summed E-state index contributed by atoms with van der Waals surface area (Å²) in [7, 11) is 1.64.